The minimum absolute atomic E-state index is 0.0603. The number of hydrogen-bond donors (Lipinski definition) is 0. The lowest BCUT2D eigenvalue weighted by Gasteiger charge is -2.36. The monoisotopic (exact) mass is 498 g/mol. The molecule has 0 aliphatic carbocycles. The average Bonchev–Trinajstić information content (AvgIpc) is 3.37. The van der Waals surface area contributed by atoms with E-state index in [4.69, 9.17) is 0 Å². The first kappa shape index (κ1) is 23.7. The zero-order chi connectivity index (χ0) is 24.9. The van der Waals surface area contributed by atoms with Gasteiger partial charge in [-0.05, 0) is 55.5 Å². The number of amides is 1. The van der Waals surface area contributed by atoms with Crippen molar-refractivity contribution >= 4 is 29.1 Å². The van der Waals surface area contributed by atoms with E-state index >= 15 is 0 Å². The lowest BCUT2D eigenvalue weighted by atomic mass is 10.1. The van der Waals surface area contributed by atoms with Gasteiger partial charge in [-0.1, -0.05) is 30.0 Å². The molecule has 0 N–H and O–H groups in total. The van der Waals surface area contributed by atoms with Crippen LogP contribution in [0.15, 0.2) is 84.3 Å². The van der Waals surface area contributed by atoms with E-state index in [2.05, 4.69) is 20.1 Å². The molecule has 3 heterocycles. The molecule has 2 aromatic carbocycles. The summed E-state index contributed by atoms with van der Waals surface area (Å²) >= 11 is 1.39. The van der Waals surface area contributed by atoms with Gasteiger partial charge < -0.3 is 9.80 Å². The van der Waals surface area contributed by atoms with Crippen molar-refractivity contribution in [3.05, 3.63) is 84.7 Å². The average molecular weight is 499 g/mol. The number of aromatic nitrogens is 4. The van der Waals surface area contributed by atoms with Crippen LogP contribution < -0.4 is 4.90 Å². The number of benzene rings is 2. The van der Waals surface area contributed by atoms with Crippen molar-refractivity contribution in [1.29, 1.82) is 0 Å². The van der Waals surface area contributed by atoms with Crippen LogP contribution in [0.1, 0.15) is 17.3 Å². The van der Waals surface area contributed by atoms with Crippen LogP contribution in [0, 0.1) is 0 Å². The molecule has 1 aliphatic heterocycles. The van der Waals surface area contributed by atoms with Gasteiger partial charge in [0.25, 0.3) is 0 Å². The molecule has 0 unspecified atom stereocenters. The van der Waals surface area contributed by atoms with E-state index in [1.165, 1.54) is 11.8 Å². The quantitative estimate of drug-likeness (QED) is 0.282. The third kappa shape index (κ3) is 5.16. The molecule has 8 nitrogen and oxygen atoms in total. The van der Waals surface area contributed by atoms with E-state index < -0.39 is 0 Å². The Morgan fingerprint density at radius 2 is 1.61 bits per heavy atom. The Hall–Kier alpha value is -3.98. The van der Waals surface area contributed by atoms with Gasteiger partial charge in [0.2, 0.25) is 5.91 Å². The molecule has 1 amide bonds. The molecule has 0 bridgehead atoms. The Labute approximate surface area is 214 Å². The van der Waals surface area contributed by atoms with E-state index in [0.717, 1.165) is 30.0 Å². The summed E-state index contributed by atoms with van der Waals surface area (Å²) in [5.41, 5.74) is 3.57. The topological polar surface area (TPSA) is 84.2 Å². The minimum Gasteiger partial charge on any atom is -0.368 e. The van der Waals surface area contributed by atoms with Crippen molar-refractivity contribution < 1.29 is 9.59 Å². The van der Waals surface area contributed by atoms with Crippen molar-refractivity contribution in [2.75, 3.05) is 36.8 Å². The molecule has 0 atom stereocenters. The van der Waals surface area contributed by atoms with Crippen molar-refractivity contribution in [1.82, 2.24) is 24.6 Å². The molecule has 0 radical (unpaired) electrons. The van der Waals surface area contributed by atoms with E-state index in [-0.39, 0.29) is 17.4 Å². The Balaban J connectivity index is 1.24. The third-order valence-electron chi connectivity index (χ3n) is 6.16. The van der Waals surface area contributed by atoms with Crippen LogP contribution in [-0.2, 0) is 4.79 Å². The Morgan fingerprint density at radius 1 is 0.861 bits per heavy atom. The number of rotatable bonds is 7. The highest BCUT2D eigenvalue weighted by Crippen LogP contribution is 2.28. The van der Waals surface area contributed by atoms with Gasteiger partial charge in [-0.3, -0.25) is 19.1 Å². The predicted molar refractivity (Wildman–Crippen MR) is 141 cm³/mol. The standard InChI is InChI=1S/C27H26N6O2S/c1-20(34)21-9-11-23(12-10-21)31-14-16-32(17-15-31)25(35)19-36-27-30-29-26(22-6-5-13-28-18-22)33(27)24-7-3-2-4-8-24/h2-13,18H,14-17,19H2,1H3. The summed E-state index contributed by atoms with van der Waals surface area (Å²) in [6.45, 7) is 4.38. The second kappa shape index (κ2) is 10.7. The fourth-order valence-electron chi connectivity index (χ4n) is 4.19. The number of thioether (sulfide) groups is 1. The van der Waals surface area contributed by atoms with Gasteiger partial charge in [0.1, 0.15) is 0 Å². The smallest absolute Gasteiger partial charge is 0.233 e. The van der Waals surface area contributed by atoms with Gasteiger partial charge in [-0.25, -0.2) is 0 Å². The number of pyridine rings is 1. The number of anilines is 1. The maximum Gasteiger partial charge on any atom is 0.233 e. The van der Waals surface area contributed by atoms with Gasteiger partial charge in [0, 0.05) is 61.1 Å². The summed E-state index contributed by atoms with van der Waals surface area (Å²) in [5.74, 6) is 1.11. The second-order valence-electron chi connectivity index (χ2n) is 8.48. The predicted octanol–water partition coefficient (Wildman–Crippen LogP) is 3.97. The first-order valence-corrected chi connectivity index (χ1v) is 12.8. The van der Waals surface area contributed by atoms with Crippen molar-refractivity contribution in [3.8, 4) is 17.1 Å². The maximum atomic E-state index is 13.0. The Bertz CT molecular complexity index is 1330. The number of carbonyl (C=O) groups is 2. The maximum absolute atomic E-state index is 13.0. The van der Waals surface area contributed by atoms with Crippen LogP contribution >= 0.6 is 11.8 Å². The van der Waals surface area contributed by atoms with E-state index in [9.17, 15) is 9.59 Å². The largest absolute Gasteiger partial charge is 0.368 e. The Kier molecular flexibility index (Phi) is 7.08. The fraction of sp³-hybridized carbons (Fsp3) is 0.222. The van der Waals surface area contributed by atoms with Crippen molar-refractivity contribution in [2.45, 2.75) is 12.1 Å². The number of piperazine rings is 1. The summed E-state index contributed by atoms with van der Waals surface area (Å²) in [7, 11) is 0. The number of ketones is 1. The van der Waals surface area contributed by atoms with Gasteiger partial charge in [-0.15, -0.1) is 10.2 Å². The summed E-state index contributed by atoms with van der Waals surface area (Å²) < 4.78 is 1.97. The first-order valence-electron chi connectivity index (χ1n) is 11.8. The molecular formula is C27H26N6O2S. The van der Waals surface area contributed by atoms with E-state index in [1.807, 2.05) is 76.2 Å². The van der Waals surface area contributed by atoms with Crippen LogP contribution in [0.4, 0.5) is 5.69 Å². The molecule has 1 saturated heterocycles. The van der Waals surface area contributed by atoms with Gasteiger partial charge >= 0.3 is 0 Å². The molecule has 4 aromatic rings. The van der Waals surface area contributed by atoms with E-state index in [0.29, 0.717) is 29.6 Å². The molecule has 2 aromatic heterocycles. The SMILES string of the molecule is CC(=O)c1ccc(N2CCN(C(=O)CSc3nnc(-c4cccnc4)n3-c3ccccc3)CC2)cc1. The molecule has 5 rings (SSSR count). The van der Waals surface area contributed by atoms with Crippen LogP contribution in [0.5, 0.6) is 0 Å². The first-order chi connectivity index (χ1) is 17.6. The molecule has 36 heavy (non-hydrogen) atoms. The minimum atomic E-state index is 0.0603. The molecule has 0 saturated carbocycles. The summed E-state index contributed by atoms with van der Waals surface area (Å²) in [5, 5.41) is 9.48. The molecule has 182 valence electrons. The highest BCUT2D eigenvalue weighted by molar-refractivity contribution is 7.99. The highest BCUT2D eigenvalue weighted by atomic mass is 32.2. The third-order valence-corrected chi connectivity index (χ3v) is 7.08. The van der Waals surface area contributed by atoms with Crippen molar-refractivity contribution in [3.63, 3.8) is 0 Å². The highest BCUT2D eigenvalue weighted by Gasteiger charge is 2.23. The summed E-state index contributed by atoms with van der Waals surface area (Å²) in [4.78, 5) is 32.9. The summed E-state index contributed by atoms with van der Waals surface area (Å²) in [6, 6.07) is 21.4. The number of Topliss-reactive ketones (excluding diaryl/α,β-unsaturated/α-hetero) is 1. The molecular weight excluding hydrogens is 472 g/mol. The number of carbonyl (C=O) groups excluding carboxylic acids is 2. The van der Waals surface area contributed by atoms with Gasteiger partial charge in [0.05, 0.1) is 5.75 Å². The lowest BCUT2D eigenvalue weighted by molar-refractivity contribution is -0.128. The molecule has 0 spiro atoms. The molecule has 1 fully saturated rings. The lowest BCUT2D eigenvalue weighted by Crippen LogP contribution is -2.49. The van der Waals surface area contributed by atoms with Crippen LogP contribution in [0.2, 0.25) is 0 Å². The summed E-state index contributed by atoms with van der Waals surface area (Å²) in [6.07, 6.45) is 3.48. The van der Waals surface area contributed by atoms with E-state index in [1.54, 1.807) is 19.3 Å². The number of para-hydroxylation sites is 1. The Morgan fingerprint density at radius 3 is 2.28 bits per heavy atom. The van der Waals surface area contributed by atoms with Crippen LogP contribution in [0.25, 0.3) is 17.1 Å². The number of hydrogen-bond acceptors (Lipinski definition) is 7. The van der Waals surface area contributed by atoms with Crippen LogP contribution in [-0.4, -0.2) is 68.3 Å². The zero-order valence-electron chi connectivity index (χ0n) is 19.9. The molecule has 1 aliphatic rings. The van der Waals surface area contributed by atoms with Gasteiger partial charge in [0.15, 0.2) is 16.8 Å². The molecule has 9 heteroatoms. The normalized spacial score (nSPS) is 13.6. The fourth-order valence-corrected chi connectivity index (χ4v) is 5.05. The van der Waals surface area contributed by atoms with Crippen molar-refractivity contribution in [2.24, 2.45) is 0 Å². The second-order valence-corrected chi connectivity index (χ2v) is 9.42. The number of nitrogens with zero attached hydrogens (tertiary/aromatic N) is 6. The van der Waals surface area contributed by atoms with Crippen LogP contribution in [0.3, 0.4) is 0 Å². The van der Waals surface area contributed by atoms with Gasteiger partial charge in [-0.2, -0.15) is 0 Å². The zero-order valence-corrected chi connectivity index (χ0v) is 20.8.